The molecule has 1 aliphatic heterocycles. The van der Waals surface area contributed by atoms with Gasteiger partial charge in [-0.2, -0.15) is 0 Å². The Kier molecular flexibility index (Phi) is 14.4. The normalized spacial score (nSPS) is 14.6. The Hall–Kier alpha value is -0.0400. The molecule has 0 atom stereocenters. The van der Waals surface area contributed by atoms with E-state index in [2.05, 4.69) is 11.8 Å². The van der Waals surface area contributed by atoms with Crippen molar-refractivity contribution in [2.75, 3.05) is 19.6 Å². The van der Waals surface area contributed by atoms with E-state index in [4.69, 9.17) is 0 Å². The van der Waals surface area contributed by atoms with Gasteiger partial charge in [0, 0.05) is 13.1 Å². The van der Waals surface area contributed by atoms with Gasteiger partial charge in [-0.25, -0.2) is 0 Å². The third kappa shape index (κ3) is 14.9. The molecule has 0 aromatic carbocycles. The van der Waals surface area contributed by atoms with Gasteiger partial charge < -0.3 is 4.90 Å². The molecular weight excluding hydrogens is 266 g/mol. The van der Waals surface area contributed by atoms with Crippen molar-refractivity contribution in [3.05, 3.63) is 0 Å². The highest BCUT2D eigenvalue weighted by atomic mass is 15.2. The first-order chi connectivity index (χ1) is 10.9. The summed E-state index contributed by atoms with van der Waals surface area (Å²) >= 11 is 0. The van der Waals surface area contributed by atoms with Gasteiger partial charge in [0.2, 0.25) is 0 Å². The van der Waals surface area contributed by atoms with E-state index in [1.54, 1.807) is 0 Å². The van der Waals surface area contributed by atoms with Crippen molar-refractivity contribution in [1.82, 2.24) is 4.90 Å². The topological polar surface area (TPSA) is 3.01 Å². The molecule has 22 heavy (non-hydrogen) atoms. The van der Waals surface area contributed by atoms with Gasteiger partial charge in [-0.05, 0) is 13.0 Å². The van der Waals surface area contributed by atoms with Crippen LogP contribution in [-0.4, -0.2) is 24.5 Å². The van der Waals surface area contributed by atoms with Crippen LogP contribution in [0.4, 0.5) is 0 Å². The van der Waals surface area contributed by atoms with Gasteiger partial charge in [-0.3, -0.25) is 0 Å². The van der Waals surface area contributed by atoms with E-state index in [1.807, 2.05) is 0 Å². The third-order valence-corrected chi connectivity index (χ3v) is 5.12. The lowest BCUT2D eigenvalue weighted by molar-refractivity contribution is 0.493. The van der Waals surface area contributed by atoms with Crippen LogP contribution >= 0.6 is 0 Å². The maximum absolute atomic E-state index is 2.55. The molecule has 0 unspecified atom stereocenters. The molecule has 0 saturated carbocycles. The second kappa shape index (κ2) is 15.8. The highest BCUT2D eigenvalue weighted by Crippen LogP contribution is 2.14. The van der Waals surface area contributed by atoms with Gasteiger partial charge in [0.25, 0.3) is 0 Å². The standard InChI is InChI=1S/C21H43N/c1-2-3-4-5-6-7-8-9-10-11-12-13-14-15-16-17-18-19-22-20-21-22/h2-21H2,1H3. The van der Waals surface area contributed by atoms with E-state index in [1.165, 1.54) is 129 Å². The maximum Gasteiger partial charge on any atom is 0.0110 e. The Morgan fingerprint density at radius 3 is 1.09 bits per heavy atom. The van der Waals surface area contributed by atoms with Crippen molar-refractivity contribution >= 4 is 0 Å². The molecule has 1 fully saturated rings. The molecule has 0 aliphatic carbocycles. The number of nitrogens with zero attached hydrogens (tertiary/aromatic N) is 1. The zero-order chi connectivity index (χ0) is 15.7. The molecule has 1 aliphatic rings. The van der Waals surface area contributed by atoms with E-state index in [0.717, 1.165) is 0 Å². The lowest BCUT2D eigenvalue weighted by atomic mass is 10.0. The van der Waals surface area contributed by atoms with Crippen molar-refractivity contribution in [1.29, 1.82) is 0 Å². The molecule has 0 aromatic heterocycles. The summed E-state index contributed by atoms with van der Waals surface area (Å²) in [4.78, 5) is 2.55. The van der Waals surface area contributed by atoms with Crippen LogP contribution in [0.15, 0.2) is 0 Å². The summed E-state index contributed by atoms with van der Waals surface area (Å²) < 4.78 is 0. The van der Waals surface area contributed by atoms with Crippen LogP contribution in [-0.2, 0) is 0 Å². The van der Waals surface area contributed by atoms with Gasteiger partial charge in [0.15, 0.2) is 0 Å². The highest BCUT2D eigenvalue weighted by Gasteiger charge is 2.14. The van der Waals surface area contributed by atoms with Gasteiger partial charge in [-0.1, -0.05) is 110 Å². The lowest BCUT2D eigenvalue weighted by Crippen LogP contribution is -1.98. The SMILES string of the molecule is CCCCCCCCCCCCCCCCCCCN1CC1. The molecule has 0 aromatic rings. The Morgan fingerprint density at radius 2 is 0.773 bits per heavy atom. The van der Waals surface area contributed by atoms with Crippen molar-refractivity contribution < 1.29 is 0 Å². The number of hydrogen-bond acceptors (Lipinski definition) is 1. The number of rotatable bonds is 18. The molecule has 1 saturated heterocycles. The predicted octanol–water partition coefficient (Wildman–Crippen LogP) is 6.95. The summed E-state index contributed by atoms with van der Waals surface area (Å²) in [5.41, 5.74) is 0. The summed E-state index contributed by atoms with van der Waals surface area (Å²) in [7, 11) is 0. The van der Waals surface area contributed by atoms with E-state index < -0.39 is 0 Å². The van der Waals surface area contributed by atoms with Crippen LogP contribution in [0.1, 0.15) is 116 Å². The van der Waals surface area contributed by atoms with Gasteiger partial charge in [0.1, 0.15) is 0 Å². The van der Waals surface area contributed by atoms with Gasteiger partial charge in [-0.15, -0.1) is 0 Å². The van der Waals surface area contributed by atoms with Crippen LogP contribution in [0.25, 0.3) is 0 Å². The highest BCUT2D eigenvalue weighted by molar-refractivity contribution is 4.71. The zero-order valence-corrected chi connectivity index (χ0v) is 15.6. The molecule has 0 N–H and O–H groups in total. The Morgan fingerprint density at radius 1 is 0.455 bits per heavy atom. The minimum Gasteiger partial charge on any atom is -0.301 e. The third-order valence-electron chi connectivity index (χ3n) is 5.12. The predicted molar refractivity (Wildman–Crippen MR) is 101 cm³/mol. The summed E-state index contributed by atoms with van der Waals surface area (Å²) in [5, 5.41) is 0. The van der Waals surface area contributed by atoms with Crippen molar-refractivity contribution in [2.24, 2.45) is 0 Å². The quantitative estimate of drug-likeness (QED) is 0.195. The number of hydrogen-bond donors (Lipinski definition) is 0. The first-order valence-electron chi connectivity index (χ1n) is 10.7. The summed E-state index contributed by atoms with van der Waals surface area (Å²) in [6, 6.07) is 0. The Balaban J connectivity index is 1.59. The Bertz CT molecular complexity index is 210. The first-order valence-corrected chi connectivity index (χ1v) is 10.7. The summed E-state index contributed by atoms with van der Waals surface area (Å²) in [5.74, 6) is 0. The van der Waals surface area contributed by atoms with Crippen LogP contribution < -0.4 is 0 Å². The van der Waals surface area contributed by atoms with E-state index in [0.29, 0.717) is 0 Å². The fourth-order valence-electron chi connectivity index (χ4n) is 3.35. The maximum atomic E-state index is 2.55. The molecule has 1 heterocycles. The van der Waals surface area contributed by atoms with Crippen molar-refractivity contribution in [3.8, 4) is 0 Å². The number of unbranched alkanes of at least 4 members (excludes halogenated alkanes) is 16. The zero-order valence-electron chi connectivity index (χ0n) is 15.6. The summed E-state index contributed by atoms with van der Waals surface area (Å²) in [6.45, 7) is 6.42. The van der Waals surface area contributed by atoms with Gasteiger partial charge in [0.05, 0.1) is 0 Å². The van der Waals surface area contributed by atoms with E-state index >= 15 is 0 Å². The molecule has 1 rings (SSSR count). The molecule has 0 radical (unpaired) electrons. The second-order valence-electron chi connectivity index (χ2n) is 7.50. The molecular formula is C21H43N. The minimum atomic E-state index is 1.37. The monoisotopic (exact) mass is 309 g/mol. The van der Waals surface area contributed by atoms with E-state index in [9.17, 15) is 0 Å². The smallest absolute Gasteiger partial charge is 0.0110 e. The molecule has 0 bridgehead atoms. The largest absolute Gasteiger partial charge is 0.301 e. The fraction of sp³-hybridized carbons (Fsp3) is 1.00. The minimum absolute atomic E-state index is 1.37. The average Bonchev–Trinajstić information content (AvgIpc) is 3.34. The molecule has 132 valence electrons. The molecule has 1 heteroatoms. The van der Waals surface area contributed by atoms with Crippen LogP contribution in [0.2, 0.25) is 0 Å². The van der Waals surface area contributed by atoms with Gasteiger partial charge >= 0.3 is 0 Å². The van der Waals surface area contributed by atoms with E-state index in [-0.39, 0.29) is 0 Å². The second-order valence-corrected chi connectivity index (χ2v) is 7.50. The molecule has 0 spiro atoms. The average molecular weight is 310 g/mol. The Labute approximate surface area is 141 Å². The molecule has 0 amide bonds. The van der Waals surface area contributed by atoms with Crippen molar-refractivity contribution in [2.45, 2.75) is 116 Å². The first kappa shape index (κ1) is 20.0. The lowest BCUT2D eigenvalue weighted by Gasteiger charge is -2.04. The summed E-state index contributed by atoms with van der Waals surface area (Å²) in [6.07, 6.45) is 25.0. The van der Waals surface area contributed by atoms with Crippen molar-refractivity contribution in [3.63, 3.8) is 0 Å². The van der Waals surface area contributed by atoms with Crippen LogP contribution in [0.5, 0.6) is 0 Å². The molecule has 1 nitrogen and oxygen atoms in total. The fourth-order valence-corrected chi connectivity index (χ4v) is 3.35. The van der Waals surface area contributed by atoms with Crippen LogP contribution in [0.3, 0.4) is 0 Å². The van der Waals surface area contributed by atoms with Crippen LogP contribution in [0, 0.1) is 0 Å².